The first-order valence-corrected chi connectivity index (χ1v) is 11.6. The Morgan fingerprint density at radius 2 is 1.86 bits per heavy atom. The lowest BCUT2D eigenvalue weighted by Gasteiger charge is -2.31. The fourth-order valence-corrected chi connectivity index (χ4v) is 3.35. The molecule has 0 aliphatic carbocycles. The van der Waals surface area contributed by atoms with E-state index >= 15 is 0 Å². The maximum atomic E-state index is 13.4. The molecular formula is C27H34F2N4O4. The highest BCUT2D eigenvalue weighted by Gasteiger charge is 2.21. The maximum Gasteiger partial charge on any atom is 0.211 e. The topological polar surface area (TPSA) is 110 Å². The number of nitrogens with two attached hydrogens (primary N) is 1. The molecule has 0 bridgehead atoms. The zero-order chi connectivity index (χ0) is 27.6. The summed E-state index contributed by atoms with van der Waals surface area (Å²) in [6.07, 6.45) is 2.21. The van der Waals surface area contributed by atoms with Gasteiger partial charge in [0, 0.05) is 24.0 Å². The lowest BCUT2D eigenvalue weighted by atomic mass is 10.1. The number of amides is 1. The molecule has 2 heterocycles. The molecule has 37 heavy (non-hydrogen) atoms. The number of para-hydroxylation sites is 1. The number of carbonyl (C=O) groups excluding carboxylic acids is 1. The number of hydrogen-bond acceptors (Lipinski definition) is 7. The molecule has 0 radical (unpaired) electrons. The first-order valence-electron chi connectivity index (χ1n) is 11.6. The number of nitrogens with zero attached hydrogens (tertiary/aromatic N) is 2. The van der Waals surface area contributed by atoms with Crippen molar-refractivity contribution in [1.82, 2.24) is 4.98 Å². The van der Waals surface area contributed by atoms with Gasteiger partial charge in [-0.1, -0.05) is 18.2 Å². The van der Waals surface area contributed by atoms with Gasteiger partial charge in [0.25, 0.3) is 0 Å². The Hall–Kier alpha value is -3.76. The number of ether oxygens (including phenoxy) is 2. The molecule has 1 aliphatic rings. The Balaban J connectivity index is 0.000000245. The van der Waals surface area contributed by atoms with Crippen molar-refractivity contribution in [1.29, 1.82) is 0 Å². The number of benzene rings is 2. The van der Waals surface area contributed by atoms with Crippen LogP contribution >= 0.6 is 0 Å². The van der Waals surface area contributed by atoms with E-state index in [2.05, 4.69) is 58.2 Å². The maximum absolute atomic E-state index is 13.4. The molecule has 3 aromatic rings. The molecule has 4 rings (SSSR count). The summed E-state index contributed by atoms with van der Waals surface area (Å²) >= 11 is 0. The number of hydrogen-bond donors (Lipinski definition) is 3. The van der Waals surface area contributed by atoms with Crippen molar-refractivity contribution < 1.29 is 28.2 Å². The molecule has 0 fully saturated rings. The third-order valence-electron chi connectivity index (χ3n) is 5.01. The van der Waals surface area contributed by atoms with Crippen LogP contribution in [0.4, 0.5) is 26.0 Å². The van der Waals surface area contributed by atoms with Crippen molar-refractivity contribution in [3.8, 4) is 11.5 Å². The summed E-state index contributed by atoms with van der Waals surface area (Å²) in [5.41, 5.74) is 6.75. The van der Waals surface area contributed by atoms with Crippen molar-refractivity contribution in [3.05, 3.63) is 71.4 Å². The minimum Gasteiger partial charge on any atom is -0.489 e. The summed E-state index contributed by atoms with van der Waals surface area (Å²) < 4.78 is 37.4. The summed E-state index contributed by atoms with van der Waals surface area (Å²) in [6, 6.07) is 12.2. The summed E-state index contributed by atoms with van der Waals surface area (Å²) in [5.74, 6) is -0.511. The Morgan fingerprint density at radius 3 is 2.43 bits per heavy atom. The molecule has 0 spiro atoms. The standard InChI is InChI=1S/C15H16N2O.C11H13F2NO3.CH5N/c1-11-6-7-14(16-10-11)17-8-9-18-15-12(2)4-3-5-13(15)17;1-11(2,16)5-17-10-8(12)3-7(14-6-15)4-9(10)13;1-2/h3-7,10H,8-9H2,1-2H3;3-4,6,16H,5H2,1-2H3,(H,14,15);2H2,1H3. The van der Waals surface area contributed by atoms with Crippen LogP contribution in [-0.4, -0.2) is 48.9 Å². The Labute approximate surface area is 216 Å². The molecule has 1 amide bonds. The van der Waals surface area contributed by atoms with Crippen molar-refractivity contribution in [2.24, 2.45) is 5.73 Å². The van der Waals surface area contributed by atoms with Gasteiger partial charge in [-0.2, -0.15) is 0 Å². The SMILES string of the molecule is CC(C)(O)COc1c(F)cc(NC=O)cc1F.CN.Cc1ccc(N2CCOc3c(C)cccc32)nc1. The number of halogens is 2. The molecule has 2 aromatic carbocycles. The largest absolute Gasteiger partial charge is 0.489 e. The zero-order valence-corrected chi connectivity index (χ0v) is 21.7. The molecule has 8 nitrogen and oxygen atoms in total. The number of nitrogens with one attached hydrogen (secondary N) is 1. The number of aliphatic hydroxyl groups is 1. The van der Waals surface area contributed by atoms with Crippen LogP contribution in [0.1, 0.15) is 25.0 Å². The van der Waals surface area contributed by atoms with Gasteiger partial charge in [0.1, 0.15) is 24.8 Å². The lowest BCUT2D eigenvalue weighted by Crippen LogP contribution is -2.29. The molecule has 1 aromatic heterocycles. The van der Waals surface area contributed by atoms with Crippen LogP contribution in [0.3, 0.4) is 0 Å². The zero-order valence-electron chi connectivity index (χ0n) is 21.7. The average molecular weight is 517 g/mol. The van der Waals surface area contributed by atoms with Gasteiger partial charge in [0.2, 0.25) is 6.41 Å². The molecule has 1 aliphatic heterocycles. The highest BCUT2D eigenvalue weighted by molar-refractivity contribution is 5.71. The Kier molecular flexibility index (Phi) is 10.8. The van der Waals surface area contributed by atoms with Crippen molar-refractivity contribution in [3.63, 3.8) is 0 Å². The van der Waals surface area contributed by atoms with Gasteiger partial charge in [-0.05, 0) is 58.0 Å². The fourth-order valence-electron chi connectivity index (χ4n) is 3.35. The van der Waals surface area contributed by atoms with Crippen LogP contribution in [0.2, 0.25) is 0 Å². The van der Waals surface area contributed by atoms with Crippen molar-refractivity contribution in [2.75, 3.05) is 37.0 Å². The van der Waals surface area contributed by atoms with E-state index < -0.39 is 23.0 Å². The van der Waals surface area contributed by atoms with E-state index in [1.807, 2.05) is 13.1 Å². The van der Waals surface area contributed by atoms with E-state index in [0.29, 0.717) is 13.0 Å². The van der Waals surface area contributed by atoms with E-state index in [1.54, 1.807) is 0 Å². The molecule has 0 saturated heterocycles. The van der Waals surface area contributed by atoms with E-state index in [-0.39, 0.29) is 12.3 Å². The van der Waals surface area contributed by atoms with E-state index in [0.717, 1.165) is 35.9 Å². The number of rotatable bonds is 6. The highest BCUT2D eigenvalue weighted by atomic mass is 19.1. The van der Waals surface area contributed by atoms with Gasteiger partial charge < -0.3 is 30.5 Å². The number of carbonyl (C=O) groups is 1. The molecule has 200 valence electrons. The van der Waals surface area contributed by atoms with Gasteiger partial charge in [0.05, 0.1) is 17.8 Å². The second-order valence-electron chi connectivity index (χ2n) is 8.75. The van der Waals surface area contributed by atoms with E-state index in [4.69, 9.17) is 9.47 Å². The number of fused-ring (bicyclic) bond motifs is 1. The van der Waals surface area contributed by atoms with Crippen molar-refractivity contribution >= 4 is 23.6 Å². The van der Waals surface area contributed by atoms with Crippen LogP contribution < -0.4 is 25.4 Å². The molecule has 10 heteroatoms. The third-order valence-corrected chi connectivity index (χ3v) is 5.01. The van der Waals surface area contributed by atoms with Crippen LogP contribution in [0.5, 0.6) is 11.5 Å². The minimum atomic E-state index is -1.20. The monoisotopic (exact) mass is 516 g/mol. The van der Waals surface area contributed by atoms with Gasteiger partial charge in [-0.15, -0.1) is 0 Å². The second-order valence-corrected chi connectivity index (χ2v) is 8.75. The summed E-state index contributed by atoms with van der Waals surface area (Å²) in [7, 11) is 1.50. The van der Waals surface area contributed by atoms with Crippen LogP contribution in [0, 0.1) is 25.5 Å². The third kappa shape index (κ3) is 8.40. The van der Waals surface area contributed by atoms with Crippen LogP contribution in [-0.2, 0) is 4.79 Å². The van der Waals surface area contributed by atoms with Gasteiger partial charge >= 0.3 is 0 Å². The fraction of sp³-hybridized carbons (Fsp3) is 0.333. The second kappa shape index (κ2) is 13.5. The molecule has 0 atom stereocenters. The number of aromatic nitrogens is 1. The predicted octanol–water partition coefficient (Wildman–Crippen LogP) is 4.49. The molecule has 0 unspecified atom stereocenters. The normalized spacial score (nSPS) is 12.1. The predicted molar refractivity (Wildman–Crippen MR) is 141 cm³/mol. The molecule has 4 N–H and O–H groups in total. The minimum absolute atomic E-state index is 0.00870. The lowest BCUT2D eigenvalue weighted by molar-refractivity contribution is -0.105. The number of anilines is 3. The first-order chi connectivity index (χ1) is 17.6. The first kappa shape index (κ1) is 29.5. The van der Waals surface area contributed by atoms with Gasteiger partial charge in [0.15, 0.2) is 17.4 Å². The molecule has 0 saturated carbocycles. The quantitative estimate of drug-likeness (QED) is 0.414. The van der Waals surface area contributed by atoms with E-state index in [1.165, 1.54) is 32.0 Å². The number of aryl methyl sites for hydroxylation is 2. The summed E-state index contributed by atoms with van der Waals surface area (Å²) in [4.78, 5) is 16.8. The van der Waals surface area contributed by atoms with Crippen molar-refractivity contribution in [2.45, 2.75) is 33.3 Å². The molecular weight excluding hydrogens is 482 g/mol. The highest BCUT2D eigenvalue weighted by Crippen LogP contribution is 2.37. The smallest absolute Gasteiger partial charge is 0.211 e. The van der Waals surface area contributed by atoms with Crippen LogP contribution in [0.15, 0.2) is 48.7 Å². The Bertz CT molecular complexity index is 1150. The summed E-state index contributed by atoms with van der Waals surface area (Å²) in [6.45, 7) is 8.32. The number of pyridine rings is 1. The van der Waals surface area contributed by atoms with E-state index in [9.17, 15) is 18.7 Å². The van der Waals surface area contributed by atoms with Gasteiger partial charge in [-0.3, -0.25) is 4.79 Å². The van der Waals surface area contributed by atoms with Crippen LogP contribution in [0.25, 0.3) is 0 Å². The summed E-state index contributed by atoms with van der Waals surface area (Å²) in [5, 5.41) is 11.5. The van der Waals surface area contributed by atoms with Gasteiger partial charge in [-0.25, -0.2) is 13.8 Å². The average Bonchev–Trinajstić information content (AvgIpc) is 2.85. The Morgan fingerprint density at radius 1 is 1.19 bits per heavy atom.